The number of fused-ring (bicyclic) bond motifs is 3. The number of nitrogens with one attached hydrogen (secondary N) is 1. The van der Waals surface area contributed by atoms with Crippen molar-refractivity contribution in [2.75, 3.05) is 6.54 Å². The van der Waals surface area contributed by atoms with E-state index in [1.54, 1.807) is 18.8 Å². The number of nitrogens with two attached hydrogens (primary N) is 2. The summed E-state index contributed by atoms with van der Waals surface area (Å²) in [6.45, 7) is 1.18. The Bertz CT molecular complexity index is 601. The summed E-state index contributed by atoms with van der Waals surface area (Å²) < 4.78 is 2.23. The molecule has 1 heterocycles. The zero-order valence-electron chi connectivity index (χ0n) is 10.8. The van der Waals surface area contributed by atoms with Gasteiger partial charge in [-0.3, -0.25) is 0 Å². The van der Waals surface area contributed by atoms with Crippen LogP contribution >= 0.6 is 9.42 Å². The topological polar surface area (TPSA) is 95.7 Å². The molecule has 1 aromatic heterocycles. The fourth-order valence-corrected chi connectivity index (χ4v) is 2.36. The fourth-order valence-electron chi connectivity index (χ4n) is 2.36. The molecular formula is C14H17ClN4Pt-3. The van der Waals surface area contributed by atoms with E-state index in [-0.39, 0.29) is 12.3 Å². The molecule has 113 valence electrons. The van der Waals surface area contributed by atoms with Gasteiger partial charge in [-0.25, -0.2) is 0 Å². The van der Waals surface area contributed by atoms with Crippen LogP contribution in [0.1, 0.15) is 0 Å². The van der Waals surface area contributed by atoms with E-state index in [2.05, 4.69) is 62.5 Å². The molecule has 0 radical (unpaired) electrons. The quantitative estimate of drug-likeness (QED) is 0.440. The molecule has 0 atom stereocenters. The maximum absolute atomic E-state index is 7.41. The minimum atomic E-state index is 0. The smallest absolute Gasteiger partial charge is 0.0490 e. The van der Waals surface area contributed by atoms with E-state index in [4.69, 9.17) is 5.73 Å². The second-order valence-electron chi connectivity index (χ2n) is 3.94. The van der Waals surface area contributed by atoms with Crippen molar-refractivity contribution in [1.82, 2.24) is 4.57 Å². The van der Waals surface area contributed by atoms with Crippen molar-refractivity contribution < 1.29 is 18.8 Å². The number of hydrogen-bond donors (Lipinski definition) is 0. The van der Waals surface area contributed by atoms with E-state index in [1.807, 2.05) is 0 Å². The first-order valence-electron chi connectivity index (χ1n) is 5.64. The molecule has 0 saturated carbocycles. The van der Waals surface area contributed by atoms with Gasteiger partial charge in [0, 0.05) is 28.4 Å². The van der Waals surface area contributed by atoms with Gasteiger partial charge in [0.25, 0.3) is 0 Å². The van der Waals surface area contributed by atoms with Crippen LogP contribution in [0.5, 0.6) is 0 Å². The molecule has 6 heteroatoms. The first-order chi connectivity index (χ1) is 8.92. The Morgan fingerprint density at radius 2 is 1.25 bits per heavy atom. The molecule has 0 aliphatic carbocycles. The number of rotatable bonds is 2. The average molecular weight is 472 g/mol. The second-order valence-corrected chi connectivity index (χ2v) is 3.94. The third-order valence-corrected chi connectivity index (χ3v) is 3.02. The molecule has 0 bridgehead atoms. The van der Waals surface area contributed by atoms with Crippen molar-refractivity contribution in [1.29, 1.82) is 0 Å². The molecule has 0 saturated heterocycles. The predicted octanol–water partition coefficient (Wildman–Crippen LogP) is 5.97. The summed E-state index contributed by atoms with van der Waals surface area (Å²) in [7, 11) is 4.61. The minimum absolute atomic E-state index is 0. The Morgan fingerprint density at radius 1 is 0.850 bits per heavy atom. The van der Waals surface area contributed by atoms with E-state index in [9.17, 15) is 0 Å². The molecule has 0 aliphatic rings. The van der Waals surface area contributed by atoms with Crippen molar-refractivity contribution in [2.45, 2.75) is 6.54 Å². The molecule has 0 unspecified atom stereocenters. The molecule has 2 aromatic carbocycles. The van der Waals surface area contributed by atoms with Gasteiger partial charge in [-0.15, -0.1) is 6.54 Å². The standard InChI is InChI=1S/C14H13N2.ClH.2H2N.Pt/c15-9-10-16-13-7-3-1-5-11(13)12-6-2-4-8-14(12)16;;;;/h1-8,15H,9-10H2;1H;2*1H2;/q-1;;2*-1;+1/p-1. The van der Waals surface area contributed by atoms with Crippen LogP contribution in [0.3, 0.4) is 0 Å². The van der Waals surface area contributed by atoms with Crippen LogP contribution < -0.4 is 0 Å². The Hall–Kier alpha value is -0.902. The van der Waals surface area contributed by atoms with E-state index >= 15 is 0 Å². The summed E-state index contributed by atoms with van der Waals surface area (Å²) in [4.78, 5) is 0. The molecule has 0 fully saturated rings. The number of aromatic nitrogens is 1. The molecule has 20 heavy (non-hydrogen) atoms. The number of benzene rings is 2. The van der Waals surface area contributed by atoms with Crippen molar-refractivity contribution in [3.63, 3.8) is 0 Å². The van der Waals surface area contributed by atoms with Crippen LogP contribution in [0.2, 0.25) is 0 Å². The molecule has 0 aliphatic heterocycles. The zero-order valence-corrected chi connectivity index (χ0v) is 13.9. The Balaban J connectivity index is 0.000000866. The molecule has 0 spiro atoms. The third-order valence-electron chi connectivity index (χ3n) is 3.02. The Kier molecular flexibility index (Phi) is 8.70. The largest absolute Gasteiger partial charge is 0.693 e. The first kappa shape index (κ1) is 19.1. The first-order valence-corrected chi connectivity index (χ1v) is 8.46. The monoisotopic (exact) mass is 471 g/mol. The fraction of sp³-hybridized carbons (Fsp3) is 0.143. The van der Waals surface area contributed by atoms with Gasteiger partial charge < -0.3 is 22.6 Å². The van der Waals surface area contributed by atoms with Crippen LogP contribution in [-0.4, -0.2) is 11.1 Å². The van der Waals surface area contributed by atoms with Crippen LogP contribution in [0.15, 0.2) is 48.5 Å². The Labute approximate surface area is 134 Å². The van der Waals surface area contributed by atoms with Crippen LogP contribution in [0.4, 0.5) is 0 Å². The SMILES string of the molecule is [Cl][Pt].[NH-]CCn1c2ccccc2c2ccccc21.[NH2-].[NH2-]. The summed E-state index contributed by atoms with van der Waals surface area (Å²) >= 11 is 1.61. The van der Waals surface area contributed by atoms with Gasteiger partial charge in [-0.05, 0) is 12.1 Å². The number of halogens is 1. The van der Waals surface area contributed by atoms with Gasteiger partial charge in [0.1, 0.15) is 0 Å². The maximum Gasteiger partial charge on any atom is 0.0490 e. The molecular weight excluding hydrogens is 455 g/mol. The van der Waals surface area contributed by atoms with E-state index < -0.39 is 0 Å². The Morgan fingerprint density at radius 3 is 1.65 bits per heavy atom. The van der Waals surface area contributed by atoms with Crippen LogP contribution in [-0.2, 0) is 25.3 Å². The minimum Gasteiger partial charge on any atom is -0.693 e. The van der Waals surface area contributed by atoms with Gasteiger partial charge >= 0.3 is 28.2 Å². The van der Waals surface area contributed by atoms with E-state index in [0.717, 1.165) is 6.54 Å². The molecule has 3 rings (SSSR count). The molecule has 4 nitrogen and oxygen atoms in total. The summed E-state index contributed by atoms with van der Waals surface area (Å²) in [5, 5.41) is 2.57. The van der Waals surface area contributed by atoms with Crippen LogP contribution in [0, 0.1) is 0 Å². The maximum atomic E-state index is 7.41. The van der Waals surface area contributed by atoms with Gasteiger partial charge in [-0.2, -0.15) is 0 Å². The third kappa shape index (κ3) is 3.40. The van der Waals surface area contributed by atoms with Crippen LogP contribution in [0.25, 0.3) is 39.8 Å². The summed E-state index contributed by atoms with van der Waals surface area (Å²) in [5.74, 6) is 0. The number of hydrogen-bond acceptors (Lipinski definition) is 0. The molecule has 5 N–H and O–H groups in total. The molecule has 0 amide bonds. The molecule has 3 aromatic rings. The summed E-state index contributed by atoms with van der Waals surface area (Å²) in [6, 6.07) is 16.8. The van der Waals surface area contributed by atoms with Crippen molar-refractivity contribution >= 4 is 31.2 Å². The van der Waals surface area contributed by atoms with Gasteiger partial charge in [-0.1, -0.05) is 36.4 Å². The van der Waals surface area contributed by atoms with E-state index in [0.29, 0.717) is 6.54 Å². The van der Waals surface area contributed by atoms with E-state index in [1.165, 1.54) is 21.8 Å². The average Bonchev–Trinajstić information content (AvgIpc) is 2.77. The van der Waals surface area contributed by atoms with Crippen molar-refractivity contribution in [3.8, 4) is 0 Å². The number of para-hydroxylation sites is 2. The van der Waals surface area contributed by atoms with Gasteiger partial charge in [0.15, 0.2) is 0 Å². The number of nitrogens with zero attached hydrogens (tertiary/aromatic N) is 1. The summed E-state index contributed by atoms with van der Waals surface area (Å²) in [5.41, 5.74) is 9.87. The normalized spacial score (nSPS) is 9.40. The predicted molar refractivity (Wildman–Crippen MR) is 85.1 cm³/mol. The van der Waals surface area contributed by atoms with Gasteiger partial charge in [0.2, 0.25) is 0 Å². The zero-order chi connectivity index (χ0) is 13.0. The van der Waals surface area contributed by atoms with Crippen molar-refractivity contribution in [2.24, 2.45) is 0 Å². The second kappa shape index (κ2) is 9.11. The summed E-state index contributed by atoms with van der Waals surface area (Å²) in [6.07, 6.45) is 0. The van der Waals surface area contributed by atoms with Gasteiger partial charge in [0.05, 0.1) is 0 Å². The van der Waals surface area contributed by atoms with Crippen molar-refractivity contribution in [3.05, 3.63) is 66.6 Å².